The van der Waals surface area contributed by atoms with Crippen LogP contribution in [-0.2, 0) is 0 Å². The molecule has 0 unspecified atom stereocenters. The number of benzene rings is 3. The van der Waals surface area contributed by atoms with Gasteiger partial charge in [0.05, 0.1) is 4.92 Å². The van der Waals surface area contributed by atoms with E-state index in [0.717, 1.165) is 13.1 Å². The first-order valence-corrected chi connectivity index (χ1v) is 10.6. The van der Waals surface area contributed by atoms with Gasteiger partial charge in [0, 0.05) is 48.5 Å². The number of halogens is 1. The van der Waals surface area contributed by atoms with Gasteiger partial charge >= 0.3 is 5.69 Å². The fraction of sp³-hybridized carbons (Fsp3) is 0.208. The molecule has 32 heavy (non-hydrogen) atoms. The molecule has 3 aromatic carbocycles. The summed E-state index contributed by atoms with van der Waals surface area (Å²) in [4.78, 5) is 27.7. The van der Waals surface area contributed by atoms with Gasteiger partial charge in [-0.05, 0) is 61.0 Å². The second-order valence-corrected chi connectivity index (χ2v) is 8.05. The molecule has 1 aliphatic rings. The third-order valence-electron chi connectivity index (χ3n) is 5.38. The number of anilines is 1. The summed E-state index contributed by atoms with van der Waals surface area (Å²) in [5.41, 5.74) is 2.72. The molecule has 0 aromatic heterocycles. The van der Waals surface area contributed by atoms with Crippen molar-refractivity contribution in [2.75, 3.05) is 31.1 Å². The van der Waals surface area contributed by atoms with Gasteiger partial charge in [-0.2, -0.15) is 0 Å². The summed E-state index contributed by atoms with van der Waals surface area (Å²) in [6.45, 7) is 4.90. The van der Waals surface area contributed by atoms with Crippen molar-refractivity contribution in [3.63, 3.8) is 0 Å². The number of nitrogens with zero attached hydrogens (tertiary/aromatic N) is 3. The van der Waals surface area contributed by atoms with Crippen LogP contribution in [0.25, 0.3) is 0 Å². The molecule has 1 heterocycles. The molecule has 0 radical (unpaired) electrons. The Bertz CT molecular complexity index is 1140. The summed E-state index contributed by atoms with van der Waals surface area (Å²) in [6, 6.07) is 19.2. The van der Waals surface area contributed by atoms with E-state index in [1.165, 1.54) is 29.4 Å². The van der Waals surface area contributed by atoms with E-state index in [4.69, 9.17) is 16.3 Å². The minimum atomic E-state index is -0.546. The van der Waals surface area contributed by atoms with Crippen molar-refractivity contribution in [3.8, 4) is 11.5 Å². The maximum atomic E-state index is 12.9. The number of amides is 1. The first-order valence-electron chi connectivity index (χ1n) is 10.2. The van der Waals surface area contributed by atoms with Gasteiger partial charge in [-0.1, -0.05) is 23.7 Å². The molecular weight excluding hydrogens is 430 g/mol. The normalized spacial score (nSPS) is 13.7. The van der Waals surface area contributed by atoms with Gasteiger partial charge < -0.3 is 14.5 Å². The number of ether oxygens (including phenoxy) is 1. The Morgan fingerprint density at radius 2 is 1.72 bits per heavy atom. The van der Waals surface area contributed by atoms with Gasteiger partial charge in [-0.15, -0.1) is 0 Å². The van der Waals surface area contributed by atoms with Gasteiger partial charge in [0.2, 0.25) is 5.75 Å². The topological polar surface area (TPSA) is 75.9 Å². The van der Waals surface area contributed by atoms with Gasteiger partial charge in [0.1, 0.15) is 5.75 Å². The molecule has 0 N–H and O–H groups in total. The van der Waals surface area contributed by atoms with Crippen LogP contribution in [0.1, 0.15) is 15.9 Å². The number of rotatable bonds is 5. The molecule has 164 valence electrons. The van der Waals surface area contributed by atoms with E-state index < -0.39 is 4.92 Å². The molecule has 0 bridgehead atoms. The SMILES string of the molecule is Cc1cccc(N2CCN(C(=O)c3ccc(Oc4ccc(Cl)cc4[N+](=O)[O-])cc3)CC2)c1. The molecule has 1 saturated heterocycles. The highest BCUT2D eigenvalue weighted by molar-refractivity contribution is 6.30. The lowest BCUT2D eigenvalue weighted by Crippen LogP contribution is -2.48. The van der Waals surface area contributed by atoms with Crippen LogP contribution in [0.15, 0.2) is 66.7 Å². The fourth-order valence-electron chi connectivity index (χ4n) is 3.69. The number of carbonyl (C=O) groups excluding carboxylic acids is 1. The van der Waals surface area contributed by atoms with Gasteiger partial charge in [0.15, 0.2) is 0 Å². The summed E-state index contributed by atoms with van der Waals surface area (Å²) in [6.07, 6.45) is 0. The zero-order valence-electron chi connectivity index (χ0n) is 17.5. The Kier molecular flexibility index (Phi) is 6.28. The highest BCUT2D eigenvalue weighted by Gasteiger charge is 2.23. The van der Waals surface area contributed by atoms with Crippen LogP contribution >= 0.6 is 11.6 Å². The number of hydrogen-bond acceptors (Lipinski definition) is 5. The Hall–Kier alpha value is -3.58. The molecule has 1 amide bonds. The molecule has 8 heteroatoms. The average Bonchev–Trinajstić information content (AvgIpc) is 2.80. The van der Waals surface area contributed by atoms with Crippen LogP contribution in [0.3, 0.4) is 0 Å². The molecule has 4 rings (SSSR count). The minimum absolute atomic E-state index is 0.0436. The van der Waals surface area contributed by atoms with E-state index in [-0.39, 0.29) is 22.4 Å². The molecule has 1 fully saturated rings. The van der Waals surface area contributed by atoms with Crippen LogP contribution in [0.4, 0.5) is 11.4 Å². The standard InChI is InChI=1S/C24H22ClN3O4/c1-17-3-2-4-20(15-17)26-11-13-27(14-12-26)24(29)18-5-8-21(9-6-18)32-23-10-7-19(25)16-22(23)28(30)31/h2-10,15-16H,11-14H2,1H3. The van der Waals surface area contributed by atoms with Crippen LogP contribution in [0, 0.1) is 17.0 Å². The van der Waals surface area contributed by atoms with Gasteiger partial charge in [-0.25, -0.2) is 0 Å². The summed E-state index contributed by atoms with van der Waals surface area (Å²) in [7, 11) is 0. The Labute approximate surface area is 190 Å². The van der Waals surface area contributed by atoms with Crippen LogP contribution in [-0.4, -0.2) is 41.9 Å². The van der Waals surface area contributed by atoms with Crippen molar-refractivity contribution in [3.05, 3.63) is 93.0 Å². The second kappa shape index (κ2) is 9.28. The Morgan fingerprint density at radius 1 is 1.00 bits per heavy atom. The van der Waals surface area contributed by atoms with E-state index >= 15 is 0 Å². The van der Waals surface area contributed by atoms with Crippen molar-refractivity contribution in [1.82, 2.24) is 4.90 Å². The van der Waals surface area contributed by atoms with Crippen molar-refractivity contribution in [1.29, 1.82) is 0 Å². The molecule has 0 atom stereocenters. The lowest BCUT2D eigenvalue weighted by Gasteiger charge is -2.36. The fourth-order valence-corrected chi connectivity index (χ4v) is 3.85. The largest absolute Gasteiger partial charge is 0.450 e. The molecule has 0 spiro atoms. The quantitative estimate of drug-likeness (QED) is 0.388. The molecule has 7 nitrogen and oxygen atoms in total. The highest BCUT2D eigenvalue weighted by atomic mass is 35.5. The molecule has 0 saturated carbocycles. The van der Waals surface area contributed by atoms with E-state index in [9.17, 15) is 14.9 Å². The summed E-state index contributed by atoms with van der Waals surface area (Å²) < 4.78 is 5.65. The average molecular weight is 452 g/mol. The number of aryl methyl sites for hydroxylation is 1. The van der Waals surface area contributed by atoms with Crippen molar-refractivity contribution < 1.29 is 14.5 Å². The third-order valence-corrected chi connectivity index (χ3v) is 5.62. The summed E-state index contributed by atoms with van der Waals surface area (Å²) in [5, 5.41) is 11.5. The minimum Gasteiger partial charge on any atom is -0.450 e. The van der Waals surface area contributed by atoms with Crippen LogP contribution in [0.5, 0.6) is 11.5 Å². The third kappa shape index (κ3) is 4.84. The predicted molar refractivity (Wildman–Crippen MR) is 124 cm³/mol. The number of nitro benzene ring substituents is 1. The van der Waals surface area contributed by atoms with Crippen molar-refractivity contribution >= 4 is 28.9 Å². The first kappa shape index (κ1) is 21.6. The number of piperazine rings is 1. The number of hydrogen-bond donors (Lipinski definition) is 0. The maximum Gasteiger partial charge on any atom is 0.313 e. The lowest BCUT2D eigenvalue weighted by molar-refractivity contribution is -0.385. The lowest BCUT2D eigenvalue weighted by atomic mass is 10.1. The first-order chi connectivity index (χ1) is 15.4. The number of carbonyl (C=O) groups is 1. The maximum absolute atomic E-state index is 12.9. The molecular formula is C24H22ClN3O4. The Morgan fingerprint density at radius 3 is 2.38 bits per heavy atom. The second-order valence-electron chi connectivity index (χ2n) is 7.61. The van der Waals surface area contributed by atoms with Gasteiger partial charge in [0.25, 0.3) is 5.91 Å². The van der Waals surface area contributed by atoms with Crippen LogP contribution < -0.4 is 9.64 Å². The summed E-state index contributed by atoms with van der Waals surface area (Å²) >= 11 is 5.84. The predicted octanol–water partition coefficient (Wildman–Crippen LogP) is 5.31. The van der Waals surface area contributed by atoms with Crippen molar-refractivity contribution in [2.24, 2.45) is 0 Å². The van der Waals surface area contributed by atoms with Gasteiger partial charge in [-0.3, -0.25) is 14.9 Å². The molecule has 1 aliphatic heterocycles. The zero-order chi connectivity index (χ0) is 22.7. The van der Waals surface area contributed by atoms with E-state index in [1.807, 2.05) is 11.0 Å². The summed E-state index contributed by atoms with van der Waals surface area (Å²) in [5.74, 6) is 0.444. The van der Waals surface area contributed by atoms with E-state index in [2.05, 4.69) is 30.0 Å². The van der Waals surface area contributed by atoms with E-state index in [1.54, 1.807) is 24.3 Å². The van der Waals surface area contributed by atoms with Crippen LogP contribution in [0.2, 0.25) is 5.02 Å². The van der Waals surface area contributed by atoms with E-state index in [0.29, 0.717) is 24.4 Å². The monoisotopic (exact) mass is 451 g/mol. The zero-order valence-corrected chi connectivity index (χ0v) is 18.3. The number of nitro groups is 1. The highest BCUT2D eigenvalue weighted by Crippen LogP contribution is 2.33. The molecule has 3 aromatic rings. The smallest absolute Gasteiger partial charge is 0.313 e. The molecule has 0 aliphatic carbocycles. The Balaban J connectivity index is 1.39. The van der Waals surface area contributed by atoms with Crippen molar-refractivity contribution in [2.45, 2.75) is 6.92 Å².